The molecule has 2 aromatic carbocycles. The Morgan fingerprint density at radius 1 is 1.08 bits per heavy atom. The second-order valence-electron chi connectivity index (χ2n) is 5.88. The zero-order chi connectivity index (χ0) is 17.2. The standard InChI is InChI=1S/C18H19NO4S/c1-14-7-11-17(12-8-14)24(21,22)19-13-16(23-18(19)20)10-9-15-5-3-2-4-6-15/h2-8,11-12,16H,9-10,13H2,1H3/t16-/m1/s1. The van der Waals surface area contributed by atoms with Gasteiger partial charge in [-0.3, -0.25) is 0 Å². The van der Waals surface area contributed by atoms with Crippen molar-refractivity contribution in [1.29, 1.82) is 0 Å². The first-order valence-electron chi connectivity index (χ1n) is 7.81. The third-order valence-corrected chi connectivity index (χ3v) is 5.79. The van der Waals surface area contributed by atoms with Gasteiger partial charge in [-0.25, -0.2) is 13.2 Å². The Morgan fingerprint density at radius 2 is 1.75 bits per heavy atom. The van der Waals surface area contributed by atoms with Gasteiger partial charge in [-0.05, 0) is 37.5 Å². The summed E-state index contributed by atoms with van der Waals surface area (Å²) in [7, 11) is -3.86. The van der Waals surface area contributed by atoms with E-state index in [0.29, 0.717) is 6.42 Å². The molecule has 0 unspecified atom stereocenters. The fourth-order valence-electron chi connectivity index (χ4n) is 2.65. The summed E-state index contributed by atoms with van der Waals surface area (Å²) in [6, 6.07) is 16.3. The first kappa shape index (κ1) is 16.5. The van der Waals surface area contributed by atoms with Gasteiger partial charge >= 0.3 is 6.09 Å². The second-order valence-corrected chi connectivity index (χ2v) is 7.74. The van der Waals surface area contributed by atoms with Crippen molar-refractivity contribution in [1.82, 2.24) is 4.31 Å². The van der Waals surface area contributed by atoms with Gasteiger partial charge in [0.05, 0.1) is 11.4 Å². The van der Waals surface area contributed by atoms with Crippen LogP contribution in [0.3, 0.4) is 0 Å². The lowest BCUT2D eigenvalue weighted by Gasteiger charge is -2.13. The highest BCUT2D eigenvalue weighted by Gasteiger charge is 2.39. The summed E-state index contributed by atoms with van der Waals surface area (Å²) in [6.07, 6.45) is 0.110. The van der Waals surface area contributed by atoms with Crippen LogP contribution >= 0.6 is 0 Å². The van der Waals surface area contributed by atoms with E-state index in [1.807, 2.05) is 37.3 Å². The van der Waals surface area contributed by atoms with Crippen molar-refractivity contribution in [3.63, 3.8) is 0 Å². The minimum Gasteiger partial charge on any atom is -0.443 e. The van der Waals surface area contributed by atoms with Gasteiger partial charge in [-0.1, -0.05) is 48.0 Å². The molecule has 1 amide bonds. The molecule has 1 fully saturated rings. The van der Waals surface area contributed by atoms with Crippen LogP contribution in [-0.2, 0) is 21.2 Å². The number of rotatable bonds is 5. The molecule has 1 saturated heterocycles. The normalized spacial score (nSPS) is 17.8. The van der Waals surface area contributed by atoms with E-state index < -0.39 is 22.2 Å². The molecule has 0 N–H and O–H groups in total. The topological polar surface area (TPSA) is 63.7 Å². The summed E-state index contributed by atoms with van der Waals surface area (Å²) >= 11 is 0. The summed E-state index contributed by atoms with van der Waals surface area (Å²) in [5, 5.41) is 0. The van der Waals surface area contributed by atoms with Crippen molar-refractivity contribution in [2.45, 2.75) is 30.8 Å². The molecule has 1 aliphatic heterocycles. The average Bonchev–Trinajstić information content (AvgIpc) is 2.96. The average molecular weight is 345 g/mol. The molecule has 0 spiro atoms. The van der Waals surface area contributed by atoms with Gasteiger partial charge in [0.25, 0.3) is 10.0 Å². The van der Waals surface area contributed by atoms with Crippen LogP contribution in [0.15, 0.2) is 59.5 Å². The van der Waals surface area contributed by atoms with Crippen LogP contribution in [0.2, 0.25) is 0 Å². The van der Waals surface area contributed by atoms with Gasteiger partial charge in [-0.2, -0.15) is 4.31 Å². The largest absolute Gasteiger partial charge is 0.443 e. The summed E-state index contributed by atoms with van der Waals surface area (Å²) in [4.78, 5) is 12.1. The van der Waals surface area contributed by atoms with E-state index in [4.69, 9.17) is 4.74 Å². The molecule has 5 nitrogen and oxygen atoms in total. The third-order valence-electron chi connectivity index (χ3n) is 4.05. The van der Waals surface area contributed by atoms with Crippen LogP contribution in [0.1, 0.15) is 17.5 Å². The summed E-state index contributed by atoms with van der Waals surface area (Å²) in [5.74, 6) is 0. The van der Waals surface area contributed by atoms with Crippen molar-refractivity contribution < 1.29 is 17.9 Å². The molecule has 126 valence electrons. The lowest BCUT2D eigenvalue weighted by atomic mass is 10.1. The fraction of sp³-hybridized carbons (Fsp3) is 0.278. The molecule has 3 rings (SSSR count). The Labute approximate surface area is 141 Å². The van der Waals surface area contributed by atoms with Crippen molar-refractivity contribution in [2.75, 3.05) is 6.54 Å². The highest BCUT2D eigenvalue weighted by molar-refractivity contribution is 7.89. The summed E-state index contributed by atoms with van der Waals surface area (Å²) in [6.45, 7) is 1.93. The van der Waals surface area contributed by atoms with E-state index in [9.17, 15) is 13.2 Å². The van der Waals surface area contributed by atoms with E-state index in [0.717, 1.165) is 21.9 Å². The minimum atomic E-state index is -3.86. The maximum atomic E-state index is 12.6. The SMILES string of the molecule is Cc1ccc(S(=O)(=O)N2C[C@@H](CCc3ccccc3)OC2=O)cc1. The molecule has 24 heavy (non-hydrogen) atoms. The number of sulfonamides is 1. The van der Waals surface area contributed by atoms with Gasteiger partial charge < -0.3 is 4.74 Å². The third kappa shape index (κ3) is 3.43. The maximum Gasteiger partial charge on any atom is 0.424 e. The fourth-order valence-corrected chi connectivity index (χ4v) is 3.99. The van der Waals surface area contributed by atoms with Crippen LogP contribution in [0.4, 0.5) is 4.79 Å². The molecule has 0 saturated carbocycles. The number of amides is 1. The number of carbonyl (C=O) groups excluding carboxylic acids is 1. The first-order valence-corrected chi connectivity index (χ1v) is 9.25. The van der Waals surface area contributed by atoms with Gasteiger partial charge in [-0.15, -0.1) is 0 Å². The highest BCUT2D eigenvalue weighted by atomic mass is 32.2. The molecule has 1 aliphatic rings. The van der Waals surface area contributed by atoms with Crippen molar-refractivity contribution >= 4 is 16.1 Å². The van der Waals surface area contributed by atoms with Gasteiger partial charge in [0, 0.05) is 0 Å². The lowest BCUT2D eigenvalue weighted by molar-refractivity contribution is 0.133. The molecule has 0 bridgehead atoms. The van der Waals surface area contributed by atoms with Crippen molar-refractivity contribution in [2.24, 2.45) is 0 Å². The Kier molecular flexibility index (Phi) is 4.57. The highest BCUT2D eigenvalue weighted by Crippen LogP contribution is 2.24. The quantitative estimate of drug-likeness (QED) is 0.835. The van der Waals surface area contributed by atoms with Crippen LogP contribution in [0, 0.1) is 6.92 Å². The smallest absolute Gasteiger partial charge is 0.424 e. The molecule has 0 aromatic heterocycles. The molecule has 6 heteroatoms. The first-order chi connectivity index (χ1) is 11.5. The Hall–Kier alpha value is -2.34. The van der Waals surface area contributed by atoms with E-state index >= 15 is 0 Å². The van der Waals surface area contributed by atoms with Gasteiger partial charge in [0.15, 0.2) is 0 Å². The minimum absolute atomic E-state index is 0.0574. The predicted octanol–water partition coefficient (Wildman–Crippen LogP) is 3.14. The molecule has 2 aromatic rings. The van der Waals surface area contributed by atoms with Crippen molar-refractivity contribution in [3.05, 3.63) is 65.7 Å². The maximum absolute atomic E-state index is 12.6. The number of aryl methyl sites for hydroxylation is 2. The van der Waals surface area contributed by atoms with E-state index in [-0.39, 0.29) is 11.4 Å². The van der Waals surface area contributed by atoms with Gasteiger partial charge in [0.2, 0.25) is 0 Å². The zero-order valence-corrected chi connectivity index (χ0v) is 14.2. The monoisotopic (exact) mass is 345 g/mol. The summed E-state index contributed by atoms with van der Waals surface area (Å²) in [5.41, 5.74) is 2.09. The number of cyclic esters (lactones) is 1. The number of hydrogen-bond acceptors (Lipinski definition) is 4. The Morgan fingerprint density at radius 3 is 2.42 bits per heavy atom. The number of hydrogen-bond donors (Lipinski definition) is 0. The van der Waals surface area contributed by atoms with E-state index in [2.05, 4.69) is 0 Å². The molecule has 1 atom stereocenters. The van der Waals surface area contributed by atoms with Gasteiger partial charge in [0.1, 0.15) is 6.10 Å². The van der Waals surface area contributed by atoms with E-state index in [1.165, 1.54) is 12.1 Å². The Balaban J connectivity index is 1.69. The second kappa shape index (κ2) is 6.65. The number of carbonyl (C=O) groups is 1. The van der Waals surface area contributed by atoms with Crippen LogP contribution in [0.5, 0.6) is 0 Å². The molecular weight excluding hydrogens is 326 g/mol. The number of benzene rings is 2. The molecule has 1 heterocycles. The predicted molar refractivity (Wildman–Crippen MR) is 90.1 cm³/mol. The molecule has 0 radical (unpaired) electrons. The van der Waals surface area contributed by atoms with Crippen LogP contribution in [-0.4, -0.2) is 31.5 Å². The summed E-state index contributed by atoms with van der Waals surface area (Å²) < 4.78 is 31.3. The van der Waals surface area contributed by atoms with Crippen molar-refractivity contribution in [3.8, 4) is 0 Å². The zero-order valence-electron chi connectivity index (χ0n) is 13.4. The van der Waals surface area contributed by atoms with Crippen LogP contribution in [0.25, 0.3) is 0 Å². The number of ether oxygens (including phenoxy) is 1. The van der Waals surface area contributed by atoms with E-state index in [1.54, 1.807) is 12.1 Å². The molecule has 0 aliphatic carbocycles. The lowest BCUT2D eigenvalue weighted by Crippen LogP contribution is -2.32. The Bertz CT molecular complexity index is 816. The van der Waals surface area contributed by atoms with Crippen LogP contribution < -0.4 is 0 Å². The number of nitrogens with zero attached hydrogens (tertiary/aromatic N) is 1. The molecular formula is C18H19NO4S.